The maximum atomic E-state index is 11.9. The molecule has 1 amide bonds. The average molecular weight is 282 g/mol. The highest BCUT2D eigenvalue weighted by molar-refractivity contribution is 7.12. The predicted molar refractivity (Wildman–Crippen MR) is 82.3 cm³/mol. The fraction of sp³-hybridized carbons (Fsp3) is 0.667. The van der Waals surface area contributed by atoms with Gasteiger partial charge in [-0.2, -0.15) is 0 Å². The lowest BCUT2D eigenvalue weighted by Crippen LogP contribution is -2.28. The summed E-state index contributed by atoms with van der Waals surface area (Å²) in [7, 11) is 0. The standard InChI is InChI=1S/C15H26N2OS/c1-10(6-5-7-12(3)16)15(18)17-9-14-8-11(2)13(4)19-14/h8,10,12H,5-7,9,16H2,1-4H3,(H,17,18). The second-order valence-corrected chi connectivity index (χ2v) is 6.82. The van der Waals surface area contributed by atoms with Gasteiger partial charge in [0.15, 0.2) is 0 Å². The lowest BCUT2D eigenvalue weighted by Gasteiger charge is -2.12. The van der Waals surface area contributed by atoms with Crippen molar-refractivity contribution < 1.29 is 4.79 Å². The van der Waals surface area contributed by atoms with E-state index in [0.29, 0.717) is 6.54 Å². The van der Waals surface area contributed by atoms with Gasteiger partial charge in [0.2, 0.25) is 5.91 Å². The molecule has 0 spiro atoms. The third-order valence-corrected chi connectivity index (χ3v) is 4.55. The minimum Gasteiger partial charge on any atom is -0.351 e. The Morgan fingerprint density at radius 2 is 2.05 bits per heavy atom. The van der Waals surface area contributed by atoms with Crippen LogP contribution in [-0.2, 0) is 11.3 Å². The molecule has 0 aliphatic carbocycles. The van der Waals surface area contributed by atoms with E-state index in [0.717, 1.165) is 19.3 Å². The Bertz CT molecular complexity index is 393. The van der Waals surface area contributed by atoms with Crippen LogP contribution in [0.2, 0.25) is 0 Å². The second kappa shape index (κ2) is 7.65. The van der Waals surface area contributed by atoms with Gasteiger partial charge in [-0.25, -0.2) is 0 Å². The van der Waals surface area contributed by atoms with Crippen molar-refractivity contribution in [3.8, 4) is 0 Å². The van der Waals surface area contributed by atoms with Crippen LogP contribution >= 0.6 is 11.3 Å². The molecule has 1 aromatic rings. The van der Waals surface area contributed by atoms with E-state index in [1.54, 1.807) is 11.3 Å². The van der Waals surface area contributed by atoms with Crippen molar-refractivity contribution in [1.29, 1.82) is 0 Å². The van der Waals surface area contributed by atoms with E-state index < -0.39 is 0 Å². The number of thiophene rings is 1. The average Bonchev–Trinajstić information content (AvgIpc) is 2.65. The molecule has 108 valence electrons. The fourth-order valence-electron chi connectivity index (χ4n) is 1.96. The summed E-state index contributed by atoms with van der Waals surface area (Å²) >= 11 is 1.76. The zero-order valence-electron chi connectivity index (χ0n) is 12.5. The molecule has 0 aromatic carbocycles. The Hall–Kier alpha value is -0.870. The number of carbonyl (C=O) groups excluding carboxylic acids is 1. The van der Waals surface area contributed by atoms with Gasteiger partial charge in [0.25, 0.3) is 0 Å². The zero-order valence-corrected chi connectivity index (χ0v) is 13.3. The summed E-state index contributed by atoms with van der Waals surface area (Å²) in [4.78, 5) is 14.5. The Kier molecular flexibility index (Phi) is 6.52. The van der Waals surface area contributed by atoms with Crippen LogP contribution < -0.4 is 11.1 Å². The molecule has 0 aliphatic heterocycles. The summed E-state index contributed by atoms with van der Waals surface area (Å²) in [5.41, 5.74) is 7.01. The van der Waals surface area contributed by atoms with Gasteiger partial charge >= 0.3 is 0 Å². The van der Waals surface area contributed by atoms with Crippen molar-refractivity contribution >= 4 is 17.2 Å². The van der Waals surface area contributed by atoms with Crippen LogP contribution in [0.3, 0.4) is 0 Å². The summed E-state index contributed by atoms with van der Waals surface area (Å²) in [5, 5.41) is 3.02. The van der Waals surface area contributed by atoms with Crippen molar-refractivity contribution in [3.63, 3.8) is 0 Å². The van der Waals surface area contributed by atoms with Gasteiger partial charge in [-0.3, -0.25) is 4.79 Å². The number of hydrogen-bond donors (Lipinski definition) is 2. The lowest BCUT2D eigenvalue weighted by atomic mass is 10.0. The SMILES string of the molecule is Cc1cc(CNC(=O)C(C)CCCC(C)N)sc1C. The third kappa shape index (κ3) is 5.74. The molecule has 1 rings (SSSR count). The van der Waals surface area contributed by atoms with Crippen LogP contribution in [0.5, 0.6) is 0 Å². The van der Waals surface area contributed by atoms with E-state index in [4.69, 9.17) is 5.73 Å². The molecule has 2 atom stereocenters. The second-order valence-electron chi connectivity index (χ2n) is 5.48. The van der Waals surface area contributed by atoms with Crippen LogP contribution in [0.4, 0.5) is 0 Å². The van der Waals surface area contributed by atoms with E-state index in [9.17, 15) is 4.79 Å². The quantitative estimate of drug-likeness (QED) is 0.807. The Labute approximate surface area is 120 Å². The molecule has 0 bridgehead atoms. The first-order valence-corrected chi connectivity index (χ1v) is 7.81. The molecule has 19 heavy (non-hydrogen) atoms. The first kappa shape index (κ1) is 16.2. The van der Waals surface area contributed by atoms with Crippen LogP contribution in [0.25, 0.3) is 0 Å². The van der Waals surface area contributed by atoms with E-state index in [1.807, 2.05) is 13.8 Å². The first-order valence-electron chi connectivity index (χ1n) is 6.99. The molecule has 1 aromatic heterocycles. The molecule has 2 unspecified atom stereocenters. The maximum absolute atomic E-state index is 11.9. The van der Waals surface area contributed by atoms with Gasteiger partial charge in [0.1, 0.15) is 0 Å². The summed E-state index contributed by atoms with van der Waals surface area (Å²) in [5.74, 6) is 0.217. The molecule has 0 fully saturated rings. The summed E-state index contributed by atoms with van der Waals surface area (Å²) < 4.78 is 0. The molecule has 0 saturated heterocycles. The number of amides is 1. The lowest BCUT2D eigenvalue weighted by molar-refractivity contribution is -0.124. The Morgan fingerprint density at radius 1 is 1.37 bits per heavy atom. The van der Waals surface area contributed by atoms with Gasteiger partial charge in [-0.05, 0) is 45.2 Å². The summed E-state index contributed by atoms with van der Waals surface area (Å²) in [6, 6.07) is 2.38. The Morgan fingerprint density at radius 3 is 2.58 bits per heavy atom. The van der Waals surface area contributed by atoms with Crippen LogP contribution in [0.15, 0.2) is 6.07 Å². The normalized spacial score (nSPS) is 14.2. The molecule has 3 N–H and O–H groups in total. The van der Waals surface area contributed by atoms with Crippen molar-refractivity contribution in [2.45, 2.75) is 59.5 Å². The van der Waals surface area contributed by atoms with Gasteiger partial charge in [0, 0.05) is 21.7 Å². The topological polar surface area (TPSA) is 55.1 Å². The van der Waals surface area contributed by atoms with Crippen LogP contribution in [-0.4, -0.2) is 11.9 Å². The largest absolute Gasteiger partial charge is 0.351 e. The molecule has 0 aliphatic rings. The Balaban J connectivity index is 2.30. The smallest absolute Gasteiger partial charge is 0.223 e. The van der Waals surface area contributed by atoms with Gasteiger partial charge in [0.05, 0.1) is 6.54 Å². The number of hydrogen-bond acceptors (Lipinski definition) is 3. The molecule has 3 nitrogen and oxygen atoms in total. The highest BCUT2D eigenvalue weighted by Crippen LogP contribution is 2.20. The van der Waals surface area contributed by atoms with Crippen LogP contribution in [0.1, 0.15) is 48.4 Å². The molecule has 0 radical (unpaired) electrons. The van der Waals surface area contributed by atoms with Crippen molar-refractivity contribution in [1.82, 2.24) is 5.32 Å². The van der Waals surface area contributed by atoms with Gasteiger partial charge < -0.3 is 11.1 Å². The molecule has 4 heteroatoms. The maximum Gasteiger partial charge on any atom is 0.223 e. The highest BCUT2D eigenvalue weighted by Gasteiger charge is 2.13. The summed E-state index contributed by atoms with van der Waals surface area (Å²) in [6.45, 7) is 8.86. The minimum absolute atomic E-state index is 0.0703. The van der Waals surface area contributed by atoms with Crippen molar-refractivity contribution in [2.75, 3.05) is 0 Å². The molecular weight excluding hydrogens is 256 g/mol. The summed E-state index contributed by atoms with van der Waals surface area (Å²) in [6.07, 6.45) is 2.92. The molecule has 0 saturated carbocycles. The highest BCUT2D eigenvalue weighted by atomic mass is 32.1. The monoisotopic (exact) mass is 282 g/mol. The number of rotatable bonds is 7. The van der Waals surface area contributed by atoms with Crippen molar-refractivity contribution in [2.24, 2.45) is 11.7 Å². The first-order chi connectivity index (χ1) is 8.90. The van der Waals surface area contributed by atoms with Crippen LogP contribution in [0, 0.1) is 19.8 Å². The van der Waals surface area contributed by atoms with Gasteiger partial charge in [-0.1, -0.05) is 13.3 Å². The van der Waals surface area contributed by atoms with E-state index in [2.05, 4.69) is 25.2 Å². The number of carbonyl (C=O) groups is 1. The number of aryl methyl sites for hydroxylation is 2. The number of nitrogens with two attached hydrogens (primary N) is 1. The molecular formula is C15H26N2OS. The number of nitrogens with one attached hydrogen (secondary N) is 1. The fourth-order valence-corrected chi connectivity index (χ4v) is 2.96. The third-order valence-electron chi connectivity index (χ3n) is 3.40. The van der Waals surface area contributed by atoms with E-state index in [-0.39, 0.29) is 17.9 Å². The van der Waals surface area contributed by atoms with Crippen molar-refractivity contribution in [3.05, 3.63) is 21.4 Å². The van der Waals surface area contributed by atoms with E-state index >= 15 is 0 Å². The zero-order chi connectivity index (χ0) is 14.4. The molecule has 1 heterocycles. The van der Waals surface area contributed by atoms with Gasteiger partial charge in [-0.15, -0.1) is 11.3 Å². The van der Waals surface area contributed by atoms with E-state index in [1.165, 1.54) is 15.3 Å². The minimum atomic E-state index is 0.0703. The predicted octanol–water partition coefficient (Wildman–Crippen LogP) is 3.13.